The van der Waals surface area contributed by atoms with Gasteiger partial charge in [-0.15, -0.1) is 11.3 Å². The maximum atomic E-state index is 13.5. The molecule has 1 aliphatic rings. The molecule has 7 nitrogen and oxygen atoms in total. The van der Waals surface area contributed by atoms with Crippen LogP contribution in [0.2, 0.25) is 0 Å². The van der Waals surface area contributed by atoms with Crippen molar-refractivity contribution in [3.8, 4) is 0 Å². The standard InChI is InChI=1S/C26H27N5O2S/c1-18-6-8-19(9-7-18)17-31-23-22(5-2-12-27-23)29-24(26(31)33)30-13-10-20(11-14-30)25(32)28-16-21-4-3-15-34-21/h2-9,12,15,20H,10-11,13-14,16-17H2,1H3,(H,28,32). The zero-order chi connectivity index (χ0) is 23.5. The van der Waals surface area contributed by atoms with Crippen molar-refractivity contribution in [2.75, 3.05) is 18.0 Å². The van der Waals surface area contributed by atoms with Gasteiger partial charge in [-0.3, -0.25) is 14.2 Å². The topological polar surface area (TPSA) is 80.1 Å². The number of fused-ring (bicyclic) bond motifs is 1. The molecule has 0 radical (unpaired) electrons. The molecule has 174 valence electrons. The van der Waals surface area contributed by atoms with E-state index in [2.05, 4.69) is 15.3 Å². The smallest absolute Gasteiger partial charge is 0.295 e. The van der Waals surface area contributed by atoms with E-state index in [4.69, 9.17) is 0 Å². The van der Waals surface area contributed by atoms with E-state index in [9.17, 15) is 9.59 Å². The minimum Gasteiger partial charge on any atom is -0.352 e. The van der Waals surface area contributed by atoms with Crippen LogP contribution in [0.5, 0.6) is 0 Å². The number of pyridine rings is 1. The molecule has 0 unspecified atom stereocenters. The van der Waals surface area contributed by atoms with Crippen LogP contribution in [-0.2, 0) is 17.9 Å². The molecule has 4 heterocycles. The molecule has 1 aromatic carbocycles. The fraction of sp³-hybridized carbons (Fsp3) is 0.308. The van der Waals surface area contributed by atoms with Crippen molar-refractivity contribution in [3.05, 3.63) is 86.5 Å². The number of hydrogen-bond acceptors (Lipinski definition) is 6. The summed E-state index contributed by atoms with van der Waals surface area (Å²) in [5.74, 6) is 0.471. The molecule has 1 saturated heterocycles. The first-order valence-corrected chi connectivity index (χ1v) is 12.4. The Kier molecular flexibility index (Phi) is 6.40. The second kappa shape index (κ2) is 9.77. The maximum Gasteiger partial charge on any atom is 0.295 e. The molecular weight excluding hydrogens is 446 g/mol. The third-order valence-electron chi connectivity index (χ3n) is 6.33. The molecule has 4 aromatic rings. The predicted molar refractivity (Wildman–Crippen MR) is 135 cm³/mol. The molecule has 0 aliphatic carbocycles. The molecule has 3 aromatic heterocycles. The average Bonchev–Trinajstić information content (AvgIpc) is 3.39. The first kappa shape index (κ1) is 22.3. The molecule has 5 rings (SSSR count). The van der Waals surface area contributed by atoms with Crippen molar-refractivity contribution >= 4 is 34.2 Å². The second-order valence-corrected chi connectivity index (χ2v) is 9.75. The maximum absolute atomic E-state index is 13.5. The van der Waals surface area contributed by atoms with E-state index < -0.39 is 0 Å². The minimum absolute atomic E-state index is 0.0480. The van der Waals surface area contributed by atoms with Gasteiger partial charge < -0.3 is 10.2 Å². The Morgan fingerprint density at radius 3 is 2.65 bits per heavy atom. The quantitative estimate of drug-likeness (QED) is 0.461. The molecule has 1 amide bonds. The highest BCUT2D eigenvalue weighted by atomic mass is 32.1. The predicted octanol–water partition coefficient (Wildman–Crippen LogP) is 3.74. The first-order chi connectivity index (χ1) is 16.6. The fourth-order valence-corrected chi connectivity index (χ4v) is 5.02. The van der Waals surface area contributed by atoms with Crippen molar-refractivity contribution < 1.29 is 4.79 Å². The molecule has 8 heteroatoms. The zero-order valence-electron chi connectivity index (χ0n) is 19.1. The molecule has 0 atom stereocenters. The molecule has 34 heavy (non-hydrogen) atoms. The van der Waals surface area contributed by atoms with Crippen LogP contribution < -0.4 is 15.8 Å². The summed E-state index contributed by atoms with van der Waals surface area (Å²) >= 11 is 1.64. The van der Waals surface area contributed by atoms with Gasteiger partial charge in [0.2, 0.25) is 5.91 Å². The summed E-state index contributed by atoms with van der Waals surface area (Å²) in [4.78, 5) is 38.5. The Morgan fingerprint density at radius 1 is 1.12 bits per heavy atom. The normalized spacial score (nSPS) is 14.4. The fourth-order valence-electron chi connectivity index (χ4n) is 4.38. The summed E-state index contributed by atoms with van der Waals surface area (Å²) in [7, 11) is 0. The second-order valence-electron chi connectivity index (χ2n) is 8.72. The third kappa shape index (κ3) is 4.72. The number of aryl methyl sites for hydroxylation is 1. The van der Waals surface area contributed by atoms with E-state index in [0.29, 0.717) is 56.0 Å². The number of anilines is 1. The highest BCUT2D eigenvalue weighted by Gasteiger charge is 2.27. The SMILES string of the molecule is Cc1ccc(Cn2c(=O)c(N3CCC(C(=O)NCc4cccs4)CC3)nc3cccnc32)cc1. The lowest BCUT2D eigenvalue weighted by Crippen LogP contribution is -2.43. The highest BCUT2D eigenvalue weighted by molar-refractivity contribution is 7.09. The Labute approximate surface area is 202 Å². The van der Waals surface area contributed by atoms with Gasteiger partial charge in [0.1, 0.15) is 5.52 Å². The summed E-state index contributed by atoms with van der Waals surface area (Å²) in [6, 6.07) is 15.9. The largest absolute Gasteiger partial charge is 0.352 e. The summed E-state index contributed by atoms with van der Waals surface area (Å²) in [5.41, 5.74) is 3.35. The molecule has 0 spiro atoms. The van der Waals surface area contributed by atoms with Gasteiger partial charge in [0.15, 0.2) is 11.5 Å². The van der Waals surface area contributed by atoms with Crippen LogP contribution >= 0.6 is 11.3 Å². The van der Waals surface area contributed by atoms with Gasteiger partial charge in [0, 0.05) is 30.1 Å². The monoisotopic (exact) mass is 473 g/mol. The van der Waals surface area contributed by atoms with Crippen LogP contribution in [0.25, 0.3) is 11.2 Å². The molecule has 0 saturated carbocycles. The number of benzene rings is 1. The number of nitrogens with zero attached hydrogens (tertiary/aromatic N) is 4. The van der Waals surface area contributed by atoms with E-state index in [1.807, 2.05) is 65.7 Å². The molecule has 1 aliphatic heterocycles. The van der Waals surface area contributed by atoms with Crippen molar-refractivity contribution in [1.82, 2.24) is 19.9 Å². The van der Waals surface area contributed by atoms with E-state index in [-0.39, 0.29) is 17.4 Å². The number of aromatic nitrogens is 3. The van der Waals surface area contributed by atoms with E-state index in [1.54, 1.807) is 22.1 Å². The number of hydrogen-bond donors (Lipinski definition) is 1. The summed E-state index contributed by atoms with van der Waals surface area (Å²) in [5, 5.41) is 5.06. The number of piperidine rings is 1. The van der Waals surface area contributed by atoms with Crippen molar-refractivity contribution in [2.24, 2.45) is 5.92 Å². The van der Waals surface area contributed by atoms with Gasteiger partial charge in [-0.1, -0.05) is 35.9 Å². The van der Waals surface area contributed by atoms with Crippen LogP contribution in [0.15, 0.2) is 64.9 Å². The summed E-state index contributed by atoms with van der Waals surface area (Å²) in [6.07, 6.45) is 3.08. The lowest BCUT2D eigenvalue weighted by molar-refractivity contribution is -0.125. The Bertz CT molecular complexity index is 1340. The zero-order valence-corrected chi connectivity index (χ0v) is 19.9. The van der Waals surface area contributed by atoms with Gasteiger partial charge in [0.25, 0.3) is 5.56 Å². The van der Waals surface area contributed by atoms with Crippen molar-refractivity contribution in [2.45, 2.75) is 32.9 Å². The minimum atomic E-state index is -0.146. The molecule has 0 bridgehead atoms. The molecule has 1 N–H and O–H groups in total. The van der Waals surface area contributed by atoms with Gasteiger partial charge >= 0.3 is 0 Å². The summed E-state index contributed by atoms with van der Waals surface area (Å²) in [6.45, 7) is 4.29. The van der Waals surface area contributed by atoms with Crippen LogP contribution in [-0.4, -0.2) is 33.5 Å². The number of carbonyl (C=O) groups is 1. The lowest BCUT2D eigenvalue weighted by atomic mass is 9.96. The van der Waals surface area contributed by atoms with E-state index in [1.165, 1.54) is 5.56 Å². The van der Waals surface area contributed by atoms with Gasteiger partial charge in [-0.25, -0.2) is 9.97 Å². The van der Waals surface area contributed by atoms with E-state index >= 15 is 0 Å². The number of amides is 1. The lowest BCUT2D eigenvalue weighted by Gasteiger charge is -2.32. The first-order valence-electron chi connectivity index (χ1n) is 11.5. The number of nitrogens with one attached hydrogen (secondary N) is 1. The highest BCUT2D eigenvalue weighted by Crippen LogP contribution is 2.22. The third-order valence-corrected chi connectivity index (χ3v) is 7.20. The van der Waals surface area contributed by atoms with Gasteiger partial charge in [-0.2, -0.15) is 0 Å². The Morgan fingerprint density at radius 2 is 1.91 bits per heavy atom. The van der Waals surface area contributed by atoms with Gasteiger partial charge in [-0.05, 0) is 48.9 Å². The molecular formula is C26H27N5O2S. The number of thiophene rings is 1. The molecule has 1 fully saturated rings. The van der Waals surface area contributed by atoms with Crippen LogP contribution in [0.1, 0.15) is 28.8 Å². The van der Waals surface area contributed by atoms with Crippen LogP contribution in [0.3, 0.4) is 0 Å². The number of carbonyl (C=O) groups excluding carboxylic acids is 1. The average molecular weight is 474 g/mol. The van der Waals surface area contributed by atoms with Crippen molar-refractivity contribution in [1.29, 1.82) is 0 Å². The van der Waals surface area contributed by atoms with Crippen LogP contribution in [0, 0.1) is 12.8 Å². The number of rotatable bonds is 6. The Balaban J connectivity index is 1.34. The Hall–Kier alpha value is -3.52. The van der Waals surface area contributed by atoms with Crippen molar-refractivity contribution in [3.63, 3.8) is 0 Å². The summed E-state index contributed by atoms with van der Waals surface area (Å²) < 4.78 is 1.71. The van der Waals surface area contributed by atoms with Gasteiger partial charge in [0.05, 0.1) is 13.1 Å². The van der Waals surface area contributed by atoms with Crippen LogP contribution in [0.4, 0.5) is 5.82 Å². The van der Waals surface area contributed by atoms with E-state index in [0.717, 1.165) is 10.4 Å².